The second kappa shape index (κ2) is 5.21. The van der Waals surface area contributed by atoms with Crippen LogP contribution in [-0.4, -0.2) is 19.8 Å². The van der Waals surface area contributed by atoms with Crippen LogP contribution in [0.25, 0.3) is 0 Å². The quantitative estimate of drug-likeness (QED) is 0.599. The highest BCUT2D eigenvalue weighted by molar-refractivity contribution is 8.27. The summed E-state index contributed by atoms with van der Waals surface area (Å²) in [5, 5.41) is 0. The Bertz CT molecular complexity index is 85.7. The minimum atomic E-state index is -1.31. The summed E-state index contributed by atoms with van der Waals surface area (Å²) >= 11 is 1.99. The van der Waals surface area contributed by atoms with Crippen LogP contribution in [0.4, 0.5) is 0 Å². The van der Waals surface area contributed by atoms with Gasteiger partial charge in [-0.05, 0) is 25.3 Å². The van der Waals surface area contributed by atoms with Crippen LogP contribution in [0.3, 0.4) is 0 Å². The summed E-state index contributed by atoms with van der Waals surface area (Å²) < 4.78 is 5.72. The average Bonchev–Trinajstić information content (AvgIpc) is 1.84. The lowest BCUT2D eigenvalue weighted by Crippen LogP contribution is -2.26. The highest BCUT2D eigenvalue weighted by Gasteiger charge is 2.21. The minimum Gasteiger partial charge on any atom is -0.407 e. The van der Waals surface area contributed by atoms with Gasteiger partial charge in [0.15, 0.2) is 0 Å². The summed E-state index contributed by atoms with van der Waals surface area (Å²) in [6.07, 6.45) is 1.14. The molecule has 0 aliphatic carbocycles. The predicted molar refractivity (Wildman–Crippen MR) is 51.9 cm³/mol. The van der Waals surface area contributed by atoms with Crippen molar-refractivity contribution in [1.29, 1.82) is 0 Å². The molecule has 10 heavy (non-hydrogen) atoms. The van der Waals surface area contributed by atoms with E-state index in [4.69, 9.17) is 4.43 Å². The fourth-order valence-electron chi connectivity index (χ4n) is 0.737. The molecular formula is C7H18OSSi. The Labute approximate surface area is 69.3 Å². The highest BCUT2D eigenvalue weighted by atomic mass is 32.4. The van der Waals surface area contributed by atoms with Gasteiger partial charge in [-0.2, -0.15) is 11.2 Å². The van der Waals surface area contributed by atoms with Crippen LogP contribution in [0.5, 0.6) is 0 Å². The van der Waals surface area contributed by atoms with E-state index >= 15 is 0 Å². The molecule has 0 amide bonds. The summed E-state index contributed by atoms with van der Waals surface area (Å²) in [4.78, 5) is 0. The first-order chi connectivity index (χ1) is 4.62. The van der Waals surface area contributed by atoms with E-state index in [-0.39, 0.29) is 0 Å². The van der Waals surface area contributed by atoms with Crippen molar-refractivity contribution in [3.05, 3.63) is 0 Å². The maximum Gasteiger partial charge on any atom is 0.247 e. The van der Waals surface area contributed by atoms with Crippen molar-refractivity contribution < 1.29 is 4.43 Å². The molecular weight excluding hydrogens is 160 g/mol. The topological polar surface area (TPSA) is 9.23 Å². The third kappa shape index (κ3) is 5.32. The number of rotatable bonds is 5. The molecule has 0 saturated carbocycles. The van der Waals surface area contributed by atoms with Crippen molar-refractivity contribution in [2.24, 2.45) is 0 Å². The third-order valence-corrected chi connectivity index (χ3v) is 6.33. The van der Waals surface area contributed by atoms with E-state index in [0.717, 1.165) is 13.0 Å². The smallest absolute Gasteiger partial charge is 0.247 e. The lowest BCUT2D eigenvalue weighted by atomic mass is 10.5. The molecule has 0 fully saturated rings. The first kappa shape index (κ1) is 10.5. The molecule has 0 rings (SSSR count). The van der Waals surface area contributed by atoms with Gasteiger partial charge in [0.25, 0.3) is 0 Å². The van der Waals surface area contributed by atoms with E-state index in [0.29, 0.717) is 0 Å². The third-order valence-electron chi connectivity index (χ3n) is 1.15. The van der Waals surface area contributed by atoms with Crippen LogP contribution < -0.4 is 0 Å². The number of hydrogen-bond acceptors (Lipinski definition) is 2. The lowest BCUT2D eigenvalue weighted by molar-refractivity contribution is 0.321. The van der Waals surface area contributed by atoms with Gasteiger partial charge in [-0.3, -0.25) is 0 Å². The molecule has 0 aromatic carbocycles. The average molecular weight is 178 g/mol. The first-order valence-electron chi connectivity index (χ1n) is 3.90. The van der Waals surface area contributed by atoms with Gasteiger partial charge in [0, 0.05) is 6.61 Å². The van der Waals surface area contributed by atoms with Crippen molar-refractivity contribution in [2.45, 2.75) is 33.4 Å². The van der Waals surface area contributed by atoms with Gasteiger partial charge in [-0.1, -0.05) is 13.8 Å². The molecule has 0 aromatic rings. The molecule has 0 N–H and O–H groups in total. The molecule has 62 valence electrons. The molecule has 0 spiro atoms. The van der Waals surface area contributed by atoms with Gasteiger partial charge in [0.05, 0.1) is 0 Å². The van der Waals surface area contributed by atoms with Crippen molar-refractivity contribution in [2.75, 3.05) is 12.4 Å². The van der Waals surface area contributed by atoms with E-state index in [2.05, 4.69) is 26.9 Å². The molecule has 0 aliphatic rings. The van der Waals surface area contributed by atoms with Gasteiger partial charge in [0.2, 0.25) is 7.47 Å². The molecule has 1 nitrogen and oxygen atoms in total. The van der Waals surface area contributed by atoms with E-state index in [1.54, 1.807) is 0 Å². The normalized spacial score (nSPS) is 12.0. The van der Waals surface area contributed by atoms with Crippen LogP contribution in [-0.2, 0) is 4.43 Å². The molecule has 0 heterocycles. The summed E-state index contributed by atoms with van der Waals surface area (Å²) in [5.74, 6) is 1.18. The Morgan fingerprint density at radius 2 is 1.90 bits per heavy atom. The van der Waals surface area contributed by atoms with Gasteiger partial charge >= 0.3 is 0 Å². The predicted octanol–water partition coefficient (Wildman–Crippen LogP) is 2.87. The molecule has 0 radical (unpaired) electrons. The van der Waals surface area contributed by atoms with Crippen LogP contribution >= 0.6 is 11.2 Å². The SMILES string of the molecule is CCCO[Si](C)(C)SCC. The minimum absolute atomic E-state index is 0.937. The second-order valence-corrected chi connectivity index (χ2v) is 10.5. The fourth-order valence-corrected chi connectivity index (χ4v) is 4.80. The van der Waals surface area contributed by atoms with Crippen LogP contribution in [0.15, 0.2) is 0 Å². The Morgan fingerprint density at radius 1 is 1.30 bits per heavy atom. The second-order valence-electron chi connectivity index (χ2n) is 2.68. The molecule has 0 aromatic heterocycles. The summed E-state index contributed by atoms with van der Waals surface area (Å²) in [6.45, 7) is 9.80. The van der Waals surface area contributed by atoms with Gasteiger partial charge in [0.1, 0.15) is 0 Å². The summed E-state index contributed by atoms with van der Waals surface area (Å²) in [5.41, 5.74) is 0. The van der Waals surface area contributed by atoms with E-state index in [1.165, 1.54) is 5.75 Å². The molecule has 0 atom stereocenters. The molecule has 0 saturated heterocycles. The number of hydrogen-bond donors (Lipinski definition) is 0. The van der Waals surface area contributed by atoms with Crippen LogP contribution in [0.2, 0.25) is 13.1 Å². The summed E-state index contributed by atoms with van der Waals surface area (Å²) in [7, 11) is -1.31. The summed E-state index contributed by atoms with van der Waals surface area (Å²) in [6, 6.07) is 0. The van der Waals surface area contributed by atoms with E-state index in [1.807, 2.05) is 11.2 Å². The van der Waals surface area contributed by atoms with Crippen molar-refractivity contribution >= 4 is 18.7 Å². The maximum atomic E-state index is 5.72. The van der Waals surface area contributed by atoms with Crippen LogP contribution in [0.1, 0.15) is 20.3 Å². The standard InChI is InChI=1S/C7H18OSSi/c1-5-7-8-10(3,4)9-6-2/h5-7H2,1-4H3. The highest BCUT2D eigenvalue weighted by Crippen LogP contribution is 2.20. The van der Waals surface area contributed by atoms with Crippen molar-refractivity contribution in [1.82, 2.24) is 0 Å². The first-order valence-corrected chi connectivity index (χ1v) is 8.52. The van der Waals surface area contributed by atoms with Gasteiger partial charge in [-0.25, -0.2) is 0 Å². The van der Waals surface area contributed by atoms with E-state index < -0.39 is 7.47 Å². The zero-order valence-electron chi connectivity index (χ0n) is 7.44. The van der Waals surface area contributed by atoms with Gasteiger partial charge < -0.3 is 4.43 Å². The fraction of sp³-hybridized carbons (Fsp3) is 1.00. The van der Waals surface area contributed by atoms with E-state index in [9.17, 15) is 0 Å². The van der Waals surface area contributed by atoms with Crippen molar-refractivity contribution in [3.8, 4) is 0 Å². The lowest BCUT2D eigenvalue weighted by Gasteiger charge is -2.20. The molecule has 0 unspecified atom stereocenters. The zero-order valence-corrected chi connectivity index (χ0v) is 9.25. The zero-order chi connectivity index (χ0) is 8.04. The monoisotopic (exact) mass is 178 g/mol. The molecule has 0 bridgehead atoms. The maximum absolute atomic E-state index is 5.72. The van der Waals surface area contributed by atoms with Gasteiger partial charge in [-0.15, -0.1) is 0 Å². The van der Waals surface area contributed by atoms with Crippen LogP contribution in [0, 0.1) is 0 Å². The Balaban J connectivity index is 3.42. The Kier molecular flexibility index (Phi) is 5.49. The molecule has 3 heteroatoms. The largest absolute Gasteiger partial charge is 0.407 e. The Morgan fingerprint density at radius 3 is 2.30 bits per heavy atom. The van der Waals surface area contributed by atoms with Crippen molar-refractivity contribution in [3.63, 3.8) is 0 Å². The molecule has 0 aliphatic heterocycles. The Hall–Kier alpha value is 0.527.